The fraction of sp³-hybridized carbons (Fsp3) is 0.364. The number of esters is 1. The molecule has 0 bridgehead atoms. The summed E-state index contributed by atoms with van der Waals surface area (Å²) in [7, 11) is 0. The highest BCUT2D eigenvalue weighted by Gasteiger charge is 2.22. The van der Waals surface area contributed by atoms with Crippen LogP contribution in [0.25, 0.3) is 10.4 Å². The predicted molar refractivity (Wildman–Crippen MR) is 60.9 cm³/mol. The third kappa shape index (κ3) is 4.14. The quantitative estimate of drug-likeness (QED) is 0.364. The van der Waals surface area contributed by atoms with E-state index in [9.17, 15) is 9.90 Å². The van der Waals surface area contributed by atoms with Crippen LogP contribution in [0.5, 0.6) is 0 Å². The Morgan fingerprint density at radius 1 is 1.53 bits per heavy atom. The Morgan fingerprint density at radius 2 is 2.18 bits per heavy atom. The first kappa shape index (κ1) is 13.0. The highest BCUT2D eigenvalue weighted by Crippen LogP contribution is 2.05. The Balaban J connectivity index is 2.47. The molecule has 0 saturated carbocycles. The Bertz CT molecular complexity index is 415. The van der Waals surface area contributed by atoms with E-state index in [-0.39, 0.29) is 6.61 Å². The molecule has 90 valence electrons. The summed E-state index contributed by atoms with van der Waals surface area (Å²) in [6.45, 7) is 1.52. The Hall–Kier alpha value is -2.04. The van der Waals surface area contributed by atoms with Gasteiger partial charge < -0.3 is 9.84 Å². The van der Waals surface area contributed by atoms with E-state index in [1.165, 1.54) is 6.92 Å². The summed E-state index contributed by atoms with van der Waals surface area (Å²) >= 11 is 0. The Labute approximate surface area is 98.5 Å². The van der Waals surface area contributed by atoms with Crippen molar-refractivity contribution in [2.75, 3.05) is 0 Å². The molecular weight excluding hydrogens is 222 g/mol. The van der Waals surface area contributed by atoms with Gasteiger partial charge in [-0.15, -0.1) is 0 Å². The van der Waals surface area contributed by atoms with E-state index in [4.69, 9.17) is 10.3 Å². The minimum absolute atomic E-state index is 0.0831. The number of azide groups is 1. The van der Waals surface area contributed by atoms with Crippen molar-refractivity contribution in [3.05, 3.63) is 46.3 Å². The van der Waals surface area contributed by atoms with Gasteiger partial charge in [-0.25, -0.2) is 4.79 Å². The molecule has 0 heterocycles. The lowest BCUT2D eigenvalue weighted by Crippen LogP contribution is -2.31. The zero-order valence-corrected chi connectivity index (χ0v) is 9.35. The first-order valence-corrected chi connectivity index (χ1v) is 5.08. The molecule has 0 aliphatic heterocycles. The normalized spacial score (nSPS) is 13.3. The number of benzene rings is 1. The van der Waals surface area contributed by atoms with Crippen molar-refractivity contribution in [3.63, 3.8) is 0 Å². The number of aliphatic hydroxyl groups is 1. The van der Waals surface area contributed by atoms with Gasteiger partial charge in [0.15, 0.2) is 6.10 Å². The molecule has 0 fully saturated rings. The zero-order valence-electron chi connectivity index (χ0n) is 9.35. The Morgan fingerprint density at radius 3 is 2.76 bits per heavy atom. The monoisotopic (exact) mass is 235 g/mol. The van der Waals surface area contributed by atoms with Gasteiger partial charge >= 0.3 is 5.97 Å². The third-order valence-corrected chi connectivity index (χ3v) is 2.16. The molecular formula is C11H13N3O3. The van der Waals surface area contributed by atoms with E-state index in [1.807, 2.05) is 18.2 Å². The summed E-state index contributed by atoms with van der Waals surface area (Å²) in [5, 5.41) is 12.7. The van der Waals surface area contributed by atoms with E-state index in [2.05, 4.69) is 10.0 Å². The number of nitrogens with zero attached hydrogens (tertiary/aromatic N) is 3. The standard InChI is InChI=1S/C11H13N3O3/c1-8(13-14-12)10(15)11(16)17-7-9-5-3-2-4-6-9/h2-6,8,10,15H,7H2,1H3/t8-,10-/m1/s1. The summed E-state index contributed by atoms with van der Waals surface area (Å²) < 4.78 is 4.89. The summed E-state index contributed by atoms with van der Waals surface area (Å²) in [6.07, 6.45) is -1.44. The van der Waals surface area contributed by atoms with Crippen molar-refractivity contribution in [1.29, 1.82) is 0 Å². The summed E-state index contributed by atoms with van der Waals surface area (Å²) in [5.74, 6) is -0.797. The van der Waals surface area contributed by atoms with Gasteiger partial charge in [-0.3, -0.25) is 0 Å². The van der Waals surface area contributed by atoms with Crippen molar-refractivity contribution >= 4 is 5.97 Å². The average Bonchev–Trinajstić information content (AvgIpc) is 2.36. The van der Waals surface area contributed by atoms with Gasteiger partial charge in [0, 0.05) is 4.91 Å². The number of aliphatic hydroxyl groups excluding tert-OH is 1. The summed E-state index contributed by atoms with van der Waals surface area (Å²) in [5.41, 5.74) is 8.99. The summed E-state index contributed by atoms with van der Waals surface area (Å²) in [6, 6.07) is 8.25. The van der Waals surface area contributed by atoms with Gasteiger partial charge in [0.05, 0.1) is 6.04 Å². The number of rotatable bonds is 5. The van der Waals surface area contributed by atoms with E-state index in [0.29, 0.717) is 0 Å². The molecule has 1 rings (SSSR count). The van der Waals surface area contributed by atoms with Gasteiger partial charge in [0.2, 0.25) is 0 Å². The van der Waals surface area contributed by atoms with Crippen LogP contribution in [0.2, 0.25) is 0 Å². The molecule has 1 aromatic rings. The van der Waals surface area contributed by atoms with Gasteiger partial charge in [0.1, 0.15) is 6.61 Å². The lowest BCUT2D eigenvalue weighted by Gasteiger charge is -2.13. The van der Waals surface area contributed by atoms with Crippen molar-refractivity contribution < 1.29 is 14.6 Å². The van der Waals surface area contributed by atoms with E-state index >= 15 is 0 Å². The minimum Gasteiger partial charge on any atom is -0.459 e. The van der Waals surface area contributed by atoms with Crippen LogP contribution in [0.3, 0.4) is 0 Å². The van der Waals surface area contributed by atoms with Crippen LogP contribution in [0.15, 0.2) is 35.4 Å². The van der Waals surface area contributed by atoms with Gasteiger partial charge in [0.25, 0.3) is 0 Å². The molecule has 0 saturated heterocycles. The second-order valence-electron chi connectivity index (χ2n) is 3.48. The molecule has 1 aromatic carbocycles. The second-order valence-corrected chi connectivity index (χ2v) is 3.48. The van der Waals surface area contributed by atoms with Gasteiger partial charge in [-0.1, -0.05) is 42.4 Å². The predicted octanol–water partition coefficient (Wildman–Crippen LogP) is 1.79. The van der Waals surface area contributed by atoms with Gasteiger partial charge in [-0.05, 0) is 11.1 Å². The Kier molecular flexibility index (Phi) is 5.00. The van der Waals surface area contributed by atoms with Crippen molar-refractivity contribution in [1.82, 2.24) is 0 Å². The topological polar surface area (TPSA) is 95.3 Å². The number of carbonyl (C=O) groups is 1. The van der Waals surface area contributed by atoms with Crippen LogP contribution in [0, 0.1) is 0 Å². The smallest absolute Gasteiger partial charge is 0.335 e. The molecule has 6 nitrogen and oxygen atoms in total. The maximum atomic E-state index is 11.4. The first-order chi connectivity index (χ1) is 8.15. The number of hydrogen-bond acceptors (Lipinski definition) is 4. The molecule has 0 aliphatic carbocycles. The van der Waals surface area contributed by atoms with Crippen molar-refractivity contribution in [2.24, 2.45) is 5.11 Å². The molecule has 0 radical (unpaired) electrons. The van der Waals surface area contributed by atoms with Crippen LogP contribution in [0.1, 0.15) is 12.5 Å². The largest absolute Gasteiger partial charge is 0.459 e. The van der Waals surface area contributed by atoms with Gasteiger partial charge in [-0.2, -0.15) is 0 Å². The lowest BCUT2D eigenvalue weighted by atomic mass is 10.2. The van der Waals surface area contributed by atoms with E-state index in [0.717, 1.165) is 5.56 Å². The van der Waals surface area contributed by atoms with Crippen LogP contribution in [0.4, 0.5) is 0 Å². The van der Waals surface area contributed by atoms with E-state index < -0.39 is 18.1 Å². The molecule has 0 unspecified atom stereocenters. The highest BCUT2D eigenvalue weighted by molar-refractivity contribution is 5.75. The fourth-order valence-electron chi connectivity index (χ4n) is 1.16. The molecule has 1 N–H and O–H groups in total. The lowest BCUT2D eigenvalue weighted by molar-refractivity contribution is -0.155. The first-order valence-electron chi connectivity index (χ1n) is 5.08. The maximum absolute atomic E-state index is 11.4. The average molecular weight is 235 g/mol. The van der Waals surface area contributed by atoms with Crippen LogP contribution in [-0.2, 0) is 16.1 Å². The number of carbonyl (C=O) groups excluding carboxylic acids is 1. The molecule has 0 spiro atoms. The SMILES string of the molecule is C[C@@H](N=[N+]=[N-])[C@@H](O)C(=O)OCc1ccccc1. The third-order valence-electron chi connectivity index (χ3n) is 2.16. The minimum atomic E-state index is -1.44. The van der Waals surface area contributed by atoms with Crippen molar-refractivity contribution in [3.8, 4) is 0 Å². The maximum Gasteiger partial charge on any atom is 0.335 e. The second kappa shape index (κ2) is 6.52. The van der Waals surface area contributed by atoms with Crippen molar-refractivity contribution in [2.45, 2.75) is 25.7 Å². The molecule has 6 heteroatoms. The van der Waals surface area contributed by atoms with Crippen LogP contribution >= 0.6 is 0 Å². The molecule has 0 amide bonds. The molecule has 17 heavy (non-hydrogen) atoms. The van der Waals surface area contributed by atoms with E-state index in [1.54, 1.807) is 12.1 Å². The summed E-state index contributed by atoms with van der Waals surface area (Å²) in [4.78, 5) is 13.9. The molecule has 2 atom stereocenters. The number of hydrogen-bond donors (Lipinski definition) is 1. The van der Waals surface area contributed by atoms with Crippen LogP contribution < -0.4 is 0 Å². The molecule has 0 aliphatic rings. The fourth-order valence-corrected chi connectivity index (χ4v) is 1.16. The highest BCUT2D eigenvalue weighted by atomic mass is 16.5. The molecule has 0 aromatic heterocycles. The number of ether oxygens (including phenoxy) is 1. The van der Waals surface area contributed by atoms with Crippen LogP contribution in [-0.4, -0.2) is 23.2 Å². The zero-order chi connectivity index (χ0) is 12.7.